The van der Waals surface area contributed by atoms with Crippen LogP contribution in [0.25, 0.3) is 0 Å². The third kappa shape index (κ3) is 5.91. The van der Waals surface area contributed by atoms with Gasteiger partial charge in [-0.3, -0.25) is 4.79 Å². The summed E-state index contributed by atoms with van der Waals surface area (Å²) in [5, 5.41) is 5.86. The number of carbonyl (C=O) groups excluding carboxylic acids is 1. The first-order chi connectivity index (χ1) is 15.2. The number of thiophene rings is 1. The van der Waals surface area contributed by atoms with Gasteiger partial charge in [-0.05, 0) is 55.8 Å². The minimum absolute atomic E-state index is 0.0808. The molecule has 0 saturated heterocycles. The number of rotatable bonds is 8. The van der Waals surface area contributed by atoms with Crippen LogP contribution in [0.3, 0.4) is 0 Å². The molecule has 0 saturated carbocycles. The second-order valence-electron chi connectivity index (χ2n) is 7.80. The monoisotopic (exact) mass is 469 g/mol. The summed E-state index contributed by atoms with van der Waals surface area (Å²) in [6.45, 7) is 7.20. The molecule has 0 aliphatic carbocycles. The van der Waals surface area contributed by atoms with Gasteiger partial charge in [0, 0.05) is 11.4 Å². The molecule has 0 radical (unpaired) electrons. The molecule has 1 amide bonds. The summed E-state index contributed by atoms with van der Waals surface area (Å²) in [6.07, 6.45) is 1.54. The average molecular weight is 470 g/mol. The minimum atomic E-state index is -3.93. The van der Waals surface area contributed by atoms with E-state index in [0.717, 1.165) is 21.6 Å². The van der Waals surface area contributed by atoms with Crippen LogP contribution >= 0.6 is 11.3 Å². The Morgan fingerprint density at radius 2 is 1.69 bits per heavy atom. The minimum Gasteiger partial charge on any atom is -0.272 e. The second-order valence-corrected chi connectivity index (χ2v) is 10.6. The van der Waals surface area contributed by atoms with Crippen molar-refractivity contribution < 1.29 is 13.2 Å². The molecule has 1 heterocycles. The van der Waals surface area contributed by atoms with Gasteiger partial charge in [0.15, 0.2) is 0 Å². The van der Waals surface area contributed by atoms with Gasteiger partial charge in [0.05, 0.1) is 17.7 Å². The maximum Gasteiger partial charge on any atom is 0.255 e. The summed E-state index contributed by atoms with van der Waals surface area (Å²) in [7, 11) is -3.93. The first-order valence-electron chi connectivity index (χ1n) is 10.2. The summed E-state index contributed by atoms with van der Waals surface area (Å²) in [4.78, 5) is 13.7. The Kier molecular flexibility index (Phi) is 7.60. The highest BCUT2D eigenvalue weighted by Gasteiger charge is 2.30. The van der Waals surface area contributed by atoms with Crippen molar-refractivity contribution in [2.75, 3.05) is 6.54 Å². The zero-order chi connectivity index (χ0) is 23.3. The Morgan fingerprint density at radius 3 is 2.28 bits per heavy atom. The van der Waals surface area contributed by atoms with Crippen molar-refractivity contribution in [3.05, 3.63) is 86.6 Å². The molecule has 0 aliphatic heterocycles. The number of amides is 1. The van der Waals surface area contributed by atoms with E-state index >= 15 is 0 Å². The fourth-order valence-corrected chi connectivity index (χ4v) is 5.93. The van der Waals surface area contributed by atoms with Crippen LogP contribution in [-0.2, 0) is 21.4 Å². The number of carbonyl (C=O) groups is 1. The highest BCUT2D eigenvalue weighted by Crippen LogP contribution is 2.26. The zero-order valence-corrected chi connectivity index (χ0v) is 20.3. The predicted octanol–water partition coefficient (Wildman–Crippen LogP) is 4.32. The zero-order valence-electron chi connectivity index (χ0n) is 18.6. The lowest BCUT2D eigenvalue weighted by molar-refractivity contribution is -0.121. The van der Waals surface area contributed by atoms with E-state index in [1.54, 1.807) is 13.8 Å². The molecule has 3 aromatic rings. The van der Waals surface area contributed by atoms with Gasteiger partial charge in [-0.2, -0.15) is 9.41 Å². The van der Waals surface area contributed by atoms with Gasteiger partial charge in [-0.25, -0.2) is 13.8 Å². The molecule has 168 valence electrons. The van der Waals surface area contributed by atoms with Gasteiger partial charge < -0.3 is 0 Å². The molecule has 32 heavy (non-hydrogen) atoms. The van der Waals surface area contributed by atoms with E-state index in [1.165, 1.54) is 21.9 Å². The number of hydrazone groups is 1. The Labute approximate surface area is 193 Å². The van der Waals surface area contributed by atoms with Crippen LogP contribution in [0.1, 0.15) is 32.7 Å². The Hall–Kier alpha value is -2.81. The topological polar surface area (TPSA) is 78.8 Å². The molecule has 0 aliphatic rings. The summed E-state index contributed by atoms with van der Waals surface area (Å²) < 4.78 is 28.5. The van der Waals surface area contributed by atoms with Crippen molar-refractivity contribution in [1.29, 1.82) is 0 Å². The third-order valence-corrected chi connectivity index (χ3v) is 7.83. The van der Waals surface area contributed by atoms with Crippen LogP contribution in [-0.4, -0.2) is 31.4 Å². The normalized spacial score (nSPS) is 11.9. The summed E-state index contributed by atoms with van der Waals surface area (Å²) in [5.74, 6) is -0.504. The molecule has 1 N–H and O–H groups in total. The summed E-state index contributed by atoms with van der Waals surface area (Å²) in [5.41, 5.74) is 6.63. The largest absolute Gasteiger partial charge is 0.272 e. The van der Waals surface area contributed by atoms with Crippen molar-refractivity contribution >= 4 is 33.5 Å². The van der Waals surface area contributed by atoms with Gasteiger partial charge in [0.25, 0.3) is 5.91 Å². The van der Waals surface area contributed by atoms with Gasteiger partial charge >= 0.3 is 0 Å². The van der Waals surface area contributed by atoms with E-state index < -0.39 is 15.9 Å². The highest BCUT2D eigenvalue weighted by molar-refractivity contribution is 7.89. The number of nitrogens with one attached hydrogen (secondary N) is 1. The van der Waals surface area contributed by atoms with E-state index in [2.05, 4.69) is 10.5 Å². The van der Waals surface area contributed by atoms with Crippen molar-refractivity contribution in [3.63, 3.8) is 0 Å². The quantitative estimate of drug-likeness (QED) is 0.394. The molecular formula is C24H27N3O3S2. The molecule has 0 spiro atoms. The van der Waals surface area contributed by atoms with E-state index in [0.29, 0.717) is 11.1 Å². The first kappa shape index (κ1) is 23.8. The number of aryl methyl sites for hydroxylation is 4. The van der Waals surface area contributed by atoms with Crippen molar-refractivity contribution in [2.45, 2.75) is 39.1 Å². The fraction of sp³-hybridized carbons (Fsp3) is 0.250. The molecular weight excluding hydrogens is 442 g/mol. The molecule has 3 rings (SSSR count). The lowest BCUT2D eigenvalue weighted by Gasteiger charge is -2.24. The Bertz CT molecular complexity index is 1190. The number of benzene rings is 2. The standard InChI is InChI=1S/C24H27N3O3S2/c1-17-7-9-21(10-8-17)15-27(16-23(28)26-25-14-22-6-5-11-31-22)32(29,30)24-19(3)12-18(2)13-20(24)4/h5-14H,15-16H2,1-4H3,(H,26,28). The maximum atomic E-state index is 13.7. The third-order valence-electron chi connectivity index (χ3n) is 4.93. The second kappa shape index (κ2) is 10.2. The first-order valence-corrected chi connectivity index (χ1v) is 12.5. The van der Waals surface area contributed by atoms with Crippen LogP contribution in [0, 0.1) is 27.7 Å². The average Bonchev–Trinajstić information content (AvgIpc) is 3.21. The van der Waals surface area contributed by atoms with Crippen molar-refractivity contribution in [3.8, 4) is 0 Å². The maximum absolute atomic E-state index is 13.7. The SMILES string of the molecule is Cc1ccc(CN(CC(=O)NN=Cc2cccs2)S(=O)(=O)c2c(C)cc(C)cc2C)cc1. The lowest BCUT2D eigenvalue weighted by atomic mass is 10.1. The van der Waals surface area contributed by atoms with Crippen molar-refractivity contribution in [1.82, 2.24) is 9.73 Å². The van der Waals surface area contributed by atoms with Crippen LogP contribution < -0.4 is 5.43 Å². The van der Waals surface area contributed by atoms with Gasteiger partial charge in [0.2, 0.25) is 10.0 Å². The van der Waals surface area contributed by atoms with E-state index in [1.807, 2.05) is 67.8 Å². The summed E-state index contributed by atoms with van der Waals surface area (Å²) >= 11 is 1.49. The van der Waals surface area contributed by atoms with Crippen LogP contribution in [0.15, 0.2) is 63.9 Å². The molecule has 0 bridgehead atoms. The number of hydrogen-bond donors (Lipinski definition) is 1. The van der Waals surface area contributed by atoms with E-state index in [-0.39, 0.29) is 18.0 Å². The van der Waals surface area contributed by atoms with E-state index in [4.69, 9.17) is 0 Å². The molecule has 0 unspecified atom stereocenters. The van der Waals surface area contributed by atoms with Crippen LogP contribution in [0.5, 0.6) is 0 Å². The van der Waals surface area contributed by atoms with Gasteiger partial charge in [0.1, 0.15) is 0 Å². The molecule has 8 heteroatoms. The molecule has 0 fully saturated rings. The molecule has 1 aromatic heterocycles. The summed E-state index contributed by atoms with van der Waals surface area (Å²) in [6, 6.07) is 15.0. The molecule has 0 atom stereocenters. The smallest absolute Gasteiger partial charge is 0.255 e. The van der Waals surface area contributed by atoms with Gasteiger partial charge in [-0.15, -0.1) is 11.3 Å². The van der Waals surface area contributed by atoms with Crippen LogP contribution in [0.4, 0.5) is 0 Å². The predicted molar refractivity (Wildman–Crippen MR) is 129 cm³/mol. The van der Waals surface area contributed by atoms with Crippen molar-refractivity contribution in [2.24, 2.45) is 5.10 Å². The Morgan fingerprint density at radius 1 is 1.03 bits per heavy atom. The van der Waals surface area contributed by atoms with E-state index in [9.17, 15) is 13.2 Å². The van der Waals surface area contributed by atoms with Gasteiger partial charge in [-0.1, -0.05) is 53.6 Å². The fourth-order valence-electron chi connectivity index (χ4n) is 3.55. The highest BCUT2D eigenvalue weighted by atomic mass is 32.2. The molecule has 6 nitrogen and oxygen atoms in total. The lowest BCUT2D eigenvalue weighted by Crippen LogP contribution is -2.39. The Balaban J connectivity index is 1.89. The number of hydrogen-bond acceptors (Lipinski definition) is 5. The van der Waals surface area contributed by atoms with Crippen LogP contribution in [0.2, 0.25) is 0 Å². The molecule has 2 aromatic carbocycles. The number of nitrogens with zero attached hydrogens (tertiary/aromatic N) is 2. The number of sulfonamides is 1.